The second-order valence-corrected chi connectivity index (χ2v) is 10.9. The summed E-state index contributed by atoms with van der Waals surface area (Å²) in [4.78, 5) is 2.66. The molecule has 1 fully saturated rings. The van der Waals surface area contributed by atoms with Gasteiger partial charge in [0.05, 0.1) is 4.90 Å². The smallest absolute Gasteiger partial charge is 0.280 e. The number of rotatable bonds is 7. The number of piperidine rings is 1. The zero-order valence-corrected chi connectivity index (χ0v) is 19.9. The standard InChI is InChI=1S/C25H31FN2O4S/c1-18(9-12-27)28-13-10-20(11-14-28)25(31-15-16-32-25)24-17-21(26)5-8-23(24)19-3-6-22(7-4-19)33(2,29)30/h3-8,15-18,20H,9-14,27H2,1-2H3. The third kappa shape index (κ3) is 4.78. The SMILES string of the molecule is CC(CCN)N1CCC(C2(c3cc(F)ccc3-c3ccc(S(C)(=O)=O)cc3)OC=CO2)CC1. The fraction of sp³-hybridized carbons (Fsp3) is 0.440. The Morgan fingerprint density at radius 3 is 2.33 bits per heavy atom. The summed E-state index contributed by atoms with van der Waals surface area (Å²) < 4.78 is 50.4. The largest absolute Gasteiger partial charge is 0.452 e. The first kappa shape index (κ1) is 23.7. The molecule has 2 aliphatic heterocycles. The number of sulfone groups is 1. The molecule has 0 spiro atoms. The molecular weight excluding hydrogens is 443 g/mol. The van der Waals surface area contributed by atoms with Crippen molar-refractivity contribution in [1.29, 1.82) is 0 Å². The number of likely N-dealkylation sites (tertiary alicyclic amines) is 1. The molecular formula is C25H31FN2O4S. The van der Waals surface area contributed by atoms with E-state index >= 15 is 0 Å². The summed E-state index contributed by atoms with van der Waals surface area (Å²) in [5.41, 5.74) is 7.86. The average Bonchev–Trinajstić information content (AvgIpc) is 3.30. The van der Waals surface area contributed by atoms with Crippen LogP contribution in [0.5, 0.6) is 0 Å². The zero-order valence-electron chi connectivity index (χ0n) is 19.0. The van der Waals surface area contributed by atoms with Gasteiger partial charge in [-0.1, -0.05) is 18.2 Å². The van der Waals surface area contributed by atoms with E-state index in [1.807, 2.05) is 0 Å². The predicted octanol–water partition coefficient (Wildman–Crippen LogP) is 4.02. The van der Waals surface area contributed by atoms with E-state index in [2.05, 4.69) is 11.8 Å². The molecule has 1 unspecified atom stereocenters. The van der Waals surface area contributed by atoms with Gasteiger partial charge in [0.2, 0.25) is 0 Å². The van der Waals surface area contributed by atoms with Crippen molar-refractivity contribution in [2.45, 2.75) is 42.9 Å². The third-order valence-corrected chi connectivity index (χ3v) is 7.90. The molecule has 2 N–H and O–H groups in total. The van der Waals surface area contributed by atoms with Crippen molar-refractivity contribution in [1.82, 2.24) is 4.90 Å². The Hall–Kier alpha value is -2.42. The van der Waals surface area contributed by atoms with E-state index in [0.29, 0.717) is 18.2 Å². The lowest BCUT2D eigenvalue weighted by atomic mass is 9.80. The Kier molecular flexibility index (Phi) is 6.79. The van der Waals surface area contributed by atoms with E-state index in [1.54, 1.807) is 30.3 Å². The van der Waals surface area contributed by atoms with Gasteiger partial charge in [0, 0.05) is 23.8 Å². The molecule has 8 heteroatoms. The number of nitrogens with two attached hydrogens (primary N) is 1. The van der Waals surface area contributed by atoms with E-state index in [4.69, 9.17) is 15.2 Å². The van der Waals surface area contributed by atoms with Crippen molar-refractivity contribution in [2.75, 3.05) is 25.9 Å². The van der Waals surface area contributed by atoms with E-state index < -0.39 is 15.6 Å². The molecule has 2 aromatic rings. The maximum absolute atomic E-state index is 14.5. The van der Waals surface area contributed by atoms with Crippen LogP contribution in [0.15, 0.2) is 59.9 Å². The molecule has 1 atom stereocenters. The minimum absolute atomic E-state index is 0.0182. The van der Waals surface area contributed by atoms with Crippen LogP contribution in [0.1, 0.15) is 31.7 Å². The molecule has 1 saturated heterocycles. The second-order valence-electron chi connectivity index (χ2n) is 8.90. The normalized spacial score (nSPS) is 19.8. The van der Waals surface area contributed by atoms with Crippen LogP contribution in [0, 0.1) is 11.7 Å². The molecule has 33 heavy (non-hydrogen) atoms. The van der Waals surface area contributed by atoms with Crippen LogP contribution in [0.4, 0.5) is 4.39 Å². The van der Waals surface area contributed by atoms with Crippen LogP contribution >= 0.6 is 0 Å². The van der Waals surface area contributed by atoms with Crippen LogP contribution in [0.2, 0.25) is 0 Å². The summed E-state index contributed by atoms with van der Waals surface area (Å²) in [6.45, 7) is 4.62. The molecule has 0 aliphatic carbocycles. The number of benzene rings is 2. The molecule has 0 bridgehead atoms. The molecule has 0 aromatic heterocycles. The van der Waals surface area contributed by atoms with Crippen LogP contribution in [0.3, 0.4) is 0 Å². The van der Waals surface area contributed by atoms with E-state index in [9.17, 15) is 12.8 Å². The van der Waals surface area contributed by atoms with Crippen molar-refractivity contribution < 1.29 is 22.3 Å². The fourth-order valence-electron chi connectivity index (χ4n) is 4.91. The highest BCUT2D eigenvalue weighted by Crippen LogP contribution is 2.47. The van der Waals surface area contributed by atoms with Crippen LogP contribution < -0.4 is 5.73 Å². The molecule has 178 valence electrons. The Labute approximate surface area is 195 Å². The summed E-state index contributed by atoms with van der Waals surface area (Å²) in [6, 6.07) is 11.6. The van der Waals surface area contributed by atoms with Crippen LogP contribution in [-0.2, 0) is 25.1 Å². The van der Waals surface area contributed by atoms with Gasteiger partial charge in [-0.25, -0.2) is 12.8 Å². The minimum atomic E-state index is -3.31. The van der Waals surface area contributed by atoms with Crippen LogP contribution in [0.25, 0.3) is 11.1 Å². The molecule has 2 aromatic carbocycles. The molecule has 6 nitrogen and oxygen atoms in total. The van der Waals surface area contributed by atoms with Gasteiger partial charge >= 0.3 is 0 Å². The maximum atomic E-state index is 14.5. The van der Waals surface area contributed by atoms with Gasteiger partial charge in [-0.05, 0) is 81.2 Å². The predicted molar refractivity (Wildman–Crippen MR) is 125 cm³/mol. The first-order valence-corrected chi connectivity index (χ1v) is 13.2. The van der Waals surface area contributed by atoms with E-state index in [0.717, 1.165) is 43.5 Å². The van der Waals surface area contributed by atoms with Crippen molar-refractivity contribution in [2.24, 2.45) is 11.7 Å². The van der Waals surface area contributed by atoms with Crippen molar-refractivity contribution >= 4 is 9.84 Å². The lowest BCUT2D eigenvalue weighted by Gasteiger charge is -2.43. The number of halogens is 1. The highest BCUT2D eigenvalue weighted by Gasteiger charge is 2.49. The van der Waals surface area contributed by atoms with Gasteiger partial charge in [0.15, 0.2) is 9.84 Å². The van der Waals surface area contributed by atoms with Gasteiger partial charge in [0.1, 0.15) is 18.3 Å². The number of hydrogen-bond donors (Lipinski definition) is 1. The van der Waals surface area contributed by atoms with Gasteiger partial charge in [0.25, 0.3) is 5.79 Å². The molecule has 2 aliphatic rings. The zero-order chi connectivity index (χ0) is 23.6. The summed E-state index contributed by atoms with van der Waals surface area (Å²) in [6.07, 6.45) is 6.82. The Bertz CT molecular complexity index is 1100. The molecule has 0 amide bonds. The first-order valence-electron chi connectivity index (χ1n) is 11.3. The van der Waals surface area contributed by atoms with E-state index in [-0.39, 0.29) is 16.6 Å². The lowest BCUT2D eigenvalue weighted by molar-refractivity contribution is -0.201. The summed E-state index contributed by atoms with van der Waals surface area (Å²) in [7, 11) is -3.31. The van der Waals surface area contributed by atoms with Gasteiger partial charge in [-0.3, -0.25) is 0 Å². The Morgan fingerprint density at radius 1 is 1.12 bits per heavy atom. The molecule has 0 saturated carbocycles. The van der Waals surface area contributed by atoms with Crippen molar-refractivity contribution in [3.63, 3.8) is 0 Å². The molecule has 4 rings (SSSR count). The fourth-order valence-corrected chi connectivity index (χ4v) is 5.54. The summed E-state index contributed by atoms with van der Waals surface area (Å²) in [5, 5.41) is 0. The molecule has 2 heterocycles. The number of hydrogen-bond acceptors (Lipinski definition) is 6. The Balaban J connectivity index is 1.68. The first-order chi connectivity index (χ1) is 15.7. The highest BCUT2D eigenvalue weighted by molar-refractivity contribution is 7.90. The van der Waals surface area contributed by atoms with Crippen molar-refractivity contribution in [3.05, 3.63) is 66.4 Å². The minimum Gasteiger partial charge on any atom is -0.452 e. The highest BCUT2D eigenvalue weighted by atomic mass is 32.2. The van der Waals surface area contributed by atoms with Crippen LogP contribution in [-0.4, -0.2) is 45.2 Å². The van der Waals surface area contributed by atoms with Gasteiger partial charge in [-0.15, -0.1) is 0 Å². The maximum Gasteiger partial charge on any atom is 0.280 e. The van der Waals surface area contributed by atoms with Gasteiger partial charge < -0.3 is 20.1 Å². The topological polar surface area (TPSA) is 81.9 Å². The summed E-state index contributed by atoms with van der Waals surface area (Å²) >= 11 is 0. The Morgan fingerprint density at radius 2 is 1.76 bits per heavy atom. The van der Waals surface area contributed by atoms with Gasteiger partial charge in [-0.2, -0.15) is 0 Å². The average molecular weight is 475 g/mol. The van der Waals surface area contributed by atoms with Crippen molar-refractivity contribution in [3.8, 4) is 11.1 Å². The summed E-state index contributed by atoms with van der Waals surface area (Å²) in [5.74, 6) is -1.49. The number of nitrogens with zero attached hydrogens (tertiary/aromatic N) is 1. The second kappa shape index (κ2) is 9.44. The monoisotopic (exact) mass is 474 g/mol. The molecule has 0 radical (unpaired) electrons. The lowest BCUT2D eigenvalue weighted by Crippen LogP contribution is -2.47. The quantitative estimate of drug-likeness (QED) is 0.653. The third-order valence-electron chi connectivity index (χ3n) is 6.77. The van der Waals surface area contributed by atoms with E-state index in [1.165, 1.54) is 30.9 Å². The number of ether oxygens (including phenoxy) is 2.